The van der Waals surface area contributed by atoms with Gasteiger partial charge in [-0.1, -0.05) is 33.6 Å². The number of methoxy groups -OCH3 is 1. The highest BCUT2D eigenvalue weighted by Crippen LogP contribution is 2.29. The summed E-state index contributed by atoms with van der Waals surface area (Å²) < 4.78 is 5.55. The first kappa shape index (κ1) is 18.2. The molecule has 0 aromatic carbocycles. The molecule has 0 heterocycles. The molecule has 0 amide bonds. The Labute approximate surface area is 129 Å². The Hall–Kier alpha value is -0.810. The van der Waals surface area contributed by atoms with E-state index in [1.165, 1.54) is 0 Å². The molecule has 0 aromatic rings. The molecule has 1 unspecified atom stereocenters. The highest BCUT2D eigenvalue weighted by molar-refractivity contribution is 5.79. The predicted octanol–water partition coefficient (Wildman–Crippen LogP) is 1.91. The van der Waals surface area contributed by atoms with Crippen LogP contribution in [0.1, 0.15) is 53.4 Å². The van der Waals surface area contributed by atoms with Gasteiger partial charge in [0.25, 0.3) is 0 Å². The number of hydrogen-bond donors (Lipinski definition) is 3. The Morgan fingerprint density at radius 2 is 1.90 bits per heavy atom. The van der Waals surface area contributed by atoms with E-state index >= 15 is 0 Å². The SMILES string of the molecule is CCNC(=NCC1(O)CCCC1)NCC(OC)C(C)(C)C. The number of nitrogens with one attached hydrogen (secondary N) is 2. The highest BCUT2D eigenvalue weighted by Gasteiger charge is 2.31. The third-order valence-corrected chi connectivity index (χ3v) is 4.12. The Morgan fingerprint density at radius 1 is 1.29 bits per heavy atom. The van der Waals surface area contributed by atoms with Crippen LogP contribution >= 0.6 is 0 Å². The first-order valence-electron chi connectivity index (χ1n) is 8.08. The van der Waals surface area contributed by atoms with Gasteiger partial charge in [0, 0.05) is 20.2 Å². The summed E-state index contributed by atoms with van der Waals surface area (Å²) in [6, 6.07) is 0. The largest absolute Gasteiger partial charge is 0.388 e. The third kappa shape index (κ3) is 6.22. The van der Waals surface area contributed by atoms with Gasteiger partial charge < -0.3 is 20.5 Å². The van der Waals surface area contributed by atoms with Gasteiger partial charge in [-0.2, -0.15) is 0 Å². The van der Waals surface area contributed by atoms with E-state index < -0.39 is 5.60 Å². The van der Waals surface area contributed by atoms with Crippen molar-refractivity contribution in [3.8, 4) is 0 Å². The van der Waals surface area contributed by atoms with Gasteiger partial charge in [-0.25, -0.2) is 0 Å². The maximum atomic E-state index is 10.4. The standard InChI is InChI=1S/C16H33N3O2/c1-6-17-14(18-11-13(21-5)15(2,3)4)19-12-16(20)9-7-8-10-16/h13,20H,6-12H2,1-5H3,(H2,17,18,19). The number of ether oxygens (including phenoxy) is 1. The lowest BCUT2D eigenvalue weighted by Crippen LogP contribution is -2.46. The zero-order chi connectivity index (χ0) is 15.9. The molecule has 0 spiro atoms. The first-order chi connectivity index (χ1) is 9.80. The van der Waals surface area contributed by atoms with Crippen molar-refractivity contribution in [3.05, 3.63) is 0 Å². The topological polar surface area (TPSA) is 65.9 Å². The van der Waals surface area contributed by atoms with Gasteiger partial charge in [-0.3, -0.25) is 4.99 Å². The van der Waals surface area contributed by atoms with E-state index in [0.29, 0.717) is 13.1 Å². The zero-order valence-corrected chi connectivity index (χ0v) is 14.3. The Bertz CT molecular complexity index is 331. The molecule has 1 aliphatic carbocycles. The van der Waals surface area contributed by atoms with Crippen molar-refractivity contribution in [2.75, 3.05) is 26.7 Å². The van der Waals surface area contributed by atoms with Gasteiger partial charge in [-0.05, 0) is 25.2 Å². The molecule has 5 heteroatoms. The van der Waals surface area contributed by atoms with Crippen LogP contribution in [-0.4, -0.2) is 49.5 Å². The van der Waals surface area contributed by atoms with Crippen molar-refractivity contribution in [1.82, 2.24) is 10.6 Å². The van der Waals surface area contributed by atoms with Crippen LogP contribution in [-0.2, 0) is 4.74 Å². The van der Waals surface area contributed by atoms with Gasteiger partial charge in [0.1, 0.15) is 0 Å². The van der Waals surface area contributed by atoms with Crippen LogP contribution in [0.4, 0.5) is 0 Å². The highest BCUT2D eigenvalue weighted by atomic mass is 16.5. The second kappa shape index (κ2) is 7.99. The lowest BCUT2D eigenvalue weighted by atomic mass is 9.89. The normalized spacial score (nSPS) is 20.4. The molecule has 0 bridgehead atoms. The Balaban J connectivity index is 2.56. The fraction of sp³-hybridized carbons (Fsp3) is 0.938. The molecular formula is C16H33N3O2. The summed E-state index contributed by atoms with van der Waals surface area (Å²) in [5.74, 6) is 0.754. The summed E-state index contributed by atoms with van der Waals surface area (Å²) in [6.45, 7) is 10.5. The van der Waals surface area contributed by atoms with Crippen LogP contribution in [0.3, 0.4) is 0 Å². The average Bonchev–Trinajstić information content (AvgIpc) is 2.82. The van der Waals surface area contributed by atoms with Gasteiger partial charge in [0.15, 0.2) is 5.96 Å². The van der Waals surface area contributed by atoms with Gasteiger partial charge in [0.05, 0.1) is 18.2 Å². The average molecular weight is 299 g/mol. The van der Waals surface area contributed by atoms with Crippen molar-refractivity contribution in [2.24, 2.45) is 10.4 Å². The minimum absolute atomic E-state index is 0.0722. The van der Waals surface area contributed by atoms with E-state index in [4.69, 9.17) is 4.74 Å². The van der Waals surface area contributed by atoms with Crippen LogP contribution in [0.5, 0.6) is 0 Å². The molecule has 5 nitrogen and oxygen atoms in total. The van der Waals surface area contributed by atoms with E-state index in [1.54, 1.807) is 7.11 Å². The molecule has 1 rings (SSSR count). The summed E-state index contributed by atoms with van der Waals surface area (Å²) >= 11 is 0. The molecule has 1 atom stereocenters. The number of hydrogen-bond acceptors (Lipinski definition) is 3. The lowest BCUT2D eigenvalue weighted by molar-refractivity contribution is 0.0204. The maximum Gasteiger partial charge on any atom is 0.191 e. The molecule has 3 N–H and O–H groups in total. The summed E-state index contributed by atoms with van der Waals surface area (Å²) in [6.07, 6.45) is 4.03. The number of aliphatic hydroxyl groups is 1. The number of aliphatic imine (C=N–C) groups is 1. The summed E-state index contributed by atoms with van der Waals surface area (Å²) in [7, 11) is 1.74. The Morgan fingerprint density at radius 3 is 2.38 bits per heavy atom. The molecule has 0 aromatic heterocycles. The van der Waals surface area contributed by atoms with Crippen LogP contribution in [0.2, 0.25) is 0 Å². The van der Waals surface area contributed by atoms with E-state index in [-0.39, 0.29) is 11.5 Å². The summed E-state index contributed by atoms with van der Waals surface area (Å²) in [5, 5.41) is 16.9. The van der Waals surface area contributed by atoms with Gasteiger partial charge >= 0.3 is 0 Å². The molecule has 0 aliphatic heterocycles. The second-order valence-electron chi connectivity index (χ2n) is 7.10. The fourth-order valence-electron chi connectivity index (χ4n) is 2.69. The number of rotatable bonds is 6. The molecular weight excluding hydrogens is 266 g/mol. The third-order valence-electron chi connectivity index (χ3n) is 4.12. The molecule has 1 aliphatic rings. The number of nitrogens with zero attached hydrogens (tertiary/aromatic N) is 1. The van der Waals surface area contributed by atoms with Gasteiger partial charge in [-0.15, -0.1) is 0 Å². The number of guanidine groups is 1. The van der Waals surface area contributed by atoms with Crippen LogP contribution < -0.4 is 10.6 Å². The van der Waals surface area contributed by atoms with Crippen LogP contribution in [0, 0.1) is 5.41 Å². The van der Waals surface area contributed by atoms with E-state index in [9.17, 15) is 5.11 Å². The van der Waals surface area contributed by atoms with Crippen molar-refractivity contribution in [3.63, 3.8) is 0 Å². The summed E-state index contributed by atoms with van der Waals surface area (Å²) in [5.41, 5.74) is -0.532. The Kier molecular flexibility index (Phi) is 6.94. The van der Waals surface area contributed by atoms with E-state index in [2.05, 4.69) is 36.4 Å². The van der Waals surface area contributed by atoms with Crippen molar-refractivity contribution in [1.29, 1.82) is 0 Å². The first-order valence-corrected chi connectivity index (χ1v) is 8.08. The second-order valence-corrected chi connectivity index (χ2v) is 7.10. The predicted molar refractivity (Wildman–Crippen MR) is 87.7 cm³/mol. The maximum absolute atomic E-state index is 10.4. The van der Waals surface area contributed by atoms with E-state index in [0.717, 1.165) is 38.2 Å². The van der Waals surface area contributed by atoms with Crippen molar-refractivity contribution < 1.29 is 9.84 Å². The quantitative estimate of drug-likeness (QED) is 0.518. The molecule has 1 fully saturated rings. The van der Waals surface area contributed by atoms with Crippen molar-refractivity contribution in [2.45, 2.75) is 65.1 Å². The minimum Gasteiger partial charge on any atom is -0.388 e. The molecule has 0 radical (unpaired) electrons. The minimum atomic E-state index is -0.604. The fourth-order valence-corrected chi connectivity index (χ4v) is 2.69. The molecule has 1 saturated carbocycles. The molecule has 124 valence electrons. The smallest absolute Gasteiger partial charge is 0.191 e. The zero-order valence-electron chi connectivity index (χ0n) is 14.3. The van der Waals surface area contributed by atoms with Gasteiger partial charge in [0.2, 0.25) is 0 Å². The van der Waals surface area contributed by atoms with Crippen LogP contribution in [0.15, 0.2) is 4.99 Å². The summed E-state index contributed by atoms with van der Waals surface area (Å²) in [4.78, 5) is 4.54. The lowest BCUT2D eigenvalue weighted by Gasteiger charge is -2.30. The molecule has 0 saturated heterocycles. The van der Waals surface area contributed by atoms with E-state index in [1.807, 2.05) is 6.92 Å². The van der Waals surface area contributed by atoms with Crippen LogP contribution in [0.25, 0.3) is 0 Å². The van der Waals surface area contributed by atoms with Crippen molar-refractivity contribution >= 4 is 5.96 Å². The molecule has 21 heavy (non-hydrogen) atoms. The monoisotopic (exact) mass is 299 g/mol.